The van der Waals surface area contributed by atoms with Crippen LogP contribution in [0.2, 0.25) is 0 Å². The molecule has 0 saturated carbocycles. The molecule has 0 spiro atoms. The van der Waals surface area contributed by atoms with E-state index in [1.807, 2.05) is 18.2 Å². The van der Waals surface area contributed by atoms with E-state index in [4.69, 9.17) is 4.74 Å². The molecule has 0 atom stereocenters. The van der Waals surface area contributed by atoms with Gasteiger partial charge in [-0.3, -0.25) is 14.9 Å². The molecular weight excluding hydrogens is 296 g/mol. The Bertz CT molecular complexity index is 773. The van der Waals surface area contributed by atoms with Crippen molar-refractivity contribution in [2.75, 3.05) is 13.7 Å². The topological polar surface area (TPSA) is 72.7 Å². The van der Waals surface area contributed by atoms with Crippen molar-refractivity contribution in [3.8, 4) is 5.75 Å². The number of nitro groups is 1. The zero-order valence-corrected chi connectivity index (χ0v) is 12.7. The van der Waals surface area contributed by atoms with E-state index in [1.165, 1.54) is 30.9 Å². The minimum Gasteiger partial charge on any atom is -0.496 e. The highest BCUT2D eigenvalue weighted by atomic mass is 16.6. The number of carbonyl (C=O) groups excluding carboxylic acids is 1. The summed E-state index contributed by atoms with van der Waals surface area (Å²) in [6, 6.07) is 12.1. The van der Waals surface area contributed by atoms with E-state index in [2.05, 4.69) is 6.07 Å². The molecule has 1 amide bonds. The van der Waals surface area contributed by atoms with Crippen LogP contribution in [0.15, 0.2) is 42.5 Å². The van der Waals surface area contributed by atoms with Crippen LogP contribution in [0.1, 0.15) is 21.5 Å². The highest BCUT2D eigenvalue weighted by molar-refractivity contribution is 5.97. The van der Waals surface area contributed by atoms with Gasteiger partial charge in [0, 0.05) is 25.2 Å². The number of amides is 1. The molecule has 2 aromatic carbocycles. The number of hydrogen-bond donors (Lipinski definition) is 0. The number of ether oxygens (including phenoxy) is 1. The first kappa shape index (κ1) is 15.0. The molecule has 0 unspecified atom stereocenters. The van der Waals surface area contributed by atoms with Gasteiger partial charge in [-0.05, 0) is 23.6 Å². The molecule has 0 saturated heterocycles. The van der Waals surface area contributed by atoms with Crippen LogP contribution in [-0.2, 0) is 13.0 Å². The third kappa shape index (κ3) is 2.88. The van der Waals surface area contributed by atoms with Crippen LogP contribution in [0, 0.1) is 10.1 Å². The van der Waals surface area contributed by atoms with Crippen molar-refractivity contribution in [1.29, 1.82) is 0 Å². The van der Waals surface area contributed by atoms with E-state index in [0.717, 1.165) is 12.0 Å². The first-order valence-corrected chi connectivity index (χ1v) is 7.28. The molecular formula is C17H16N2O4. The Morgan fingerprint density at radius 1 is 1.22 bits per heavy atom. The van der Waals surface area contributed by atoms with E-state index >= 15 is 0 Å². The lowest BCUT2D eigenvalue weighted by atomic mass is 9.99. The fourth-order valence-corrected chi connectivity index (χ4v) is 2.82. The van der Waals surface area contributed by atoms with Crippen LogP contribution in [-0.4, -0.2) is 29.4 Å². The van der Waals surface area contributed by atoms with Gasteiger partial charge in [-0.2, -0.15) is 0 Å². The van der Waals surface area contributed by atoms with Crippen molar-refractivity contribution in [3.05, 3.63) is 69.3 Å². The van der Waals surface area contributed by atoms with E-state index in [9.17, 15) is 14.9 Å². The summed E-state index contributed by atoms with van der Waals surface area (Å²) in [6.45, 7) is 1.09. The van der Waals surface area contributed by atoms with E-state index in [0.29, 0.717) is 18.8 Å². The number of hydrogen-bond acceptors (Lipinski definition) is 4. The molecule has 0 fully saturated rings. The van der Waals surface area contributed by atoms with Crippen LogP contribution in [0.4, 0.5) is 5.69 Å². The Labute approximate surface area is 133 Å². The third-order valence-corrected chi connectivity index (χ3v) is 4.04. The summed E-state index contributed by atoms with van der Waals surface area (Å²) >= 11 is 0. The Morgan fingerprint density at radius 3 is 2.65 bits per heavy atom. The van der Waals surface area contributed by atoms with Gasteiger partial charge in [0.25, 0.3) is 11.6 Å². The minimum absolute atomic E-state index is 0.119. The van der Waals surface area contributed by atoms with Crippen molar-refractivity contribution >= 4 is 11.6 Å². The summed E-state index contributed by atoms with van der Waals surface area (Å²) in [6.07, 6.45) is 0.777. The predicted molar refractivity (Wildman–Crippen MR) is 84.5 cm³/mol. The van der Waals surface area contributed by atoms with Crippen LogP contribution >= 0.6 is 0 Å². The average molecular weight is 312 g/mol. The molecule has 0 radical (unpaired) electrons. The number of carbonyl (C=O) groups is 1. The van der Waals surface area contributed by atoms with Crippen molar-refractivity contribution in [2.45, 2.75) is 13.0 Å². The molecule has 3 rings (SSSR count). The number of rotatable bonds is 3. The molecule has 23 heavy (non-hydrogen) atoms. The van der Waals surface area contributed by atoms with Crippen molar-refractivity contribution in [3.63, 3.8) is 0 Å². The zero-order valence-electron chi connectivity index (χ0n) is 12.7. The molecule has 6 nitrogen and oxygen atoms in total. The van der Waals surface area contributed by atoms with Gasteiger partial charge in [-0.25, -0.2) is 0 Å². The summed E-state index contributed by atoms with van der Waals surface area (Å²) in [5.74, 6) is 0.0968. The summed E-state index contributed by atoms with van der Waals surface area (Å²) in [5.41, 5.74) is 2.45. The quantitative estimate of drug-likeness (QED) is 0.645. The number of nitro benzene ring substituents is 1. The summed E-state index contributed by atoms with van der Waals surface area (Å²) in [4.78, 5) is 24.9. The highest BCUT2D eigenvalue weighted by Crippen LogP contribution is 2.27. The van der Waals surface area contributed by atoms with Gasteiger partial charge in [-0.15, -0.1) is 0 Å². The monoisotopic (exact) mass is 312 g/mol. The number of methoxy groups -OCH3 is 1. The number of non-ortho nitro benzene ring substituents is 1. The molecule has 0 N–H and O–H groups in total. The lowest BCUT2D eigenvalue weighted by Crippen LogP contribution is -2.36. The Hall–Kier alpha value is -2.89. The molecule has 1 heterocycles. The smallest absolute Gasteiger partial charge is 0.270 e. The van der Waals surface area contributed by atoms with Crippen LogP contribution in [0.25, 0.3) is 0 Å². The normalized spacial score (nSPS) is 13.3. The second-order valence-electron chi connectivity index (χ2n) is 5.39. The standard InChI is InChI=1S/C17H16N2O4/c1-23-16-7-6-14(19(21)22)10-15(16)17(20)18-9-8-12-4-2-3-5-13(12)11-18/h2-7,10H,8-9,11H2,1H3. The van der Waals surface area contributed by atoms with Gasteiger partial charge in [0.15, 0.2) is 0 Å². The first-order valence-electron chi connectivity index (χ1n) is 7.28. The Balaban J connectivity index is 1.92. The van der Waals surface area contributed by atoms with Gasteiger partial charge < -0.3 is 9.64 Å². The van der Waals surface area contributed by atoms with Crippen molar-refractivity contribution in [2.24, 2.45) is 0 Å². The lowest BCUT2D eigenvalue weighted by molar-refractivity contribution is -0.384. The number of nitrogens with zero attached hydrogens (tertiary/aromatic N) is 2. The Morgan fingerprint density at radius 2 is 1.96 bits per heavy atom. The predicted octanol–water partition coefficient (Wildman–Crippen LogP) is 2.80. The minimum atomic E-state index is -0.512. The van der Waals surface area contributed by atoms with Crippen LogP contribution < -0.4 is 4.74 Å². The van der Waals surface area contributed by atoms with Gasteiger partial charge in [0.1, 0.15) is 5.75 Å². The lowest BCUT2D eigenvalue weighted by Gasteiger charge is -2.29. The maximum absolute atomic E-state index is 12.8. The highest BCUT2D eigenvalue weighted by Gasteiger charge is 2.25. The van der Waals surface area contributed by atoms with E-state index < -0.39 is 4.92 Å². The molecule has 1 aliphatic heterocycles. The average Bonchev–Trinajstić information content (AvgIpc) is 2.60. The fraction of sp³-hybridized carbons (Fsp3) is 0.235. The van der Waals surface area contributed by atoms with Crippen LogP contribution in [0.5, 0.6) is 5.75 Å². The molecule has 0 bridgehead atoms. The summed E-state index contributed by atoms with van der Waals surface area (Å²) < 4.78 is 5.19. The largest absolute Gasteiger partial charge is 0.496 e. The van der Waals surface area contributed by atoms with Gasteiger partial charge in [-0.1, -0.05) is 24.3 Å². The SMILES string of the molecule is COc1ccc([N+](=O)[O-])cc1C(=O)N1CCc2ccccc2C1. The number of benzene rings is 2. The van der Waals surface area contributed by atoms with Crippen molar-refractivity contribution in [1.82, 2.24) is 4.90 Å². The maximum atomic E-state index is 12.8. The number of fused-ring (bicyclic) bond motifs is 1. The fourth-order valence-electron chi connectivity index (χ4n) is 2.82. The van der Waals surface area contributed by atoms with Gasteiger partial charge in [0.05, 0.1) is 17.6 Å². The van der Waals surface area contributed by atoms with E-state index in [-0.39, 0.29) is 17.2 Å². The maximum Gasteiger partial charge on any atom is 0.270 e. The summed E-state index contributed by atoms with van der Waals surface area (Å²) in [5, 5.41) is 11.0. The molecule has 0 aromatic heterocycles. The molecule has 1 aliphatic rings. The zero-order chi connectivity index (χ0) is 16.4. The van der Waals surface area contributed by atoms with E-state index in [1.54, 1.807) is 4.90 Å². The van der Waals surface area contributed by atoms with Gasteiger partial charge in [0.2, 0.25) is 0 Å². The Kier molecular flexibility index (Phi) is 3.97. The van der Waals surface area contributed by atoms with Crippen molar-refractivity contribution < 1.29 is 14.5 Å². The first-order chi connectivity index (χ1) is 11.1. The second kappa shape index (κ2) is 6.08. The second-order valence-corrected chi connectivity index (χ2v) is 5.39. The summed E-state index contributed by atoms with van der Waals surface area (Å²) in [7, 11) is 1.45. The van der Waals surface area contributed by atoms with Gasteiger partial charge >= 0.3 is 0 Å². The van der Waals surface area contributed by atoms with Crippen LogP contribution in [0.3, 0.4) is 0 Å². The third-order valence-electron chi connectivity index (χ3n) is 4.04. The molecule has 118 valence electrons. The molecule has 0 aliphatic carbocycles. The molecule has 2 aromatic rings. The molecule has 6 heteroatoms.